The topological polar surface area (TPSA) is 59.3 Å². The molecule has 0 aromatic heterocycles. The molecule has 1 rings (SSSR count). The molecule has 4 N–H and O–H groups in total. The van der Waals surface area contributed by atoms with Gasteiger partial charge in [0.1, 0.15) is 5.75 Å². The molecule has 14 heavy (non-hydrogen) atoms. The fourth-order valence-corrected chi connectivity index (χ4v) is 1.35. The minimum absolute atomic E-state index is 0.548. The Labute approximate surface area is 84.4 Å². The highest BCUT2D eigenvalue weighted by atomic mass is 16.5. The van der Waals surface area contributed by atoms with Crippen LogP contribution in [0.15, 0.2) is 12.1 Å². The molecule has 0 amide bonds. The second-order valence-corrected chi connectivity index (χ2v) is 3.12. The van der Waals surface area contributed by atoms with Crippen molar-refractivity contribution in [3.8, 4) is 5.75 Å². The number of rotatable bonds is 4. The number of ether oxygens (including phenoxy) is 1. The maximum Gasteiger partial charge on any atom is 0.122 e. The lowest BCUT2D eigenvalue weighted by Gasteiger charge is -2.13. The van der Waals surface area contributed by atoms with Gasteiger partial charge in [-0.1, -0.05) is 0 Å². The van der Waals surface area contributed by atoms with Crippen LogP contribution in [-0.4, -0.2) is 13.8 Å². The lowest BCUT2D eigenvalue weighted by Crippen LogP contribution is -2.28. The van der Waals surface area contributed by atoms with E-state index < -0.39 is 0 Å². The first-order valence-electron chi connectivity index (χ1n) is 4.52. The summed E-state index contributed by atoms with van der Waals surface area (Å²) in [5.74, 6) is 6.09. The Bertz CT molecular complexity index is 312. The van der Waals surface area contributed by atoms with Crippen LogP contribution in [0, 0.1) is 13.8 Å². The molecule has 0 aliphatic rings. The van der Waals surface area contributed by atoms with Gasteiger partial charge in [-0.05, 0) is 37.1 Å². The molecule has 0 bridgehead atoms. The second kappa shape index (κ2) is 4.83. The van der Waals surface area contributed by atoms with Gasteiger partial charge in [0.25, 0.3) is 0 Å². The summed E-state index contributed by atoms with van der Waals surface area (Å²) in [6.45, 7) is 4.64. The van der Waals surface area contributed by atoms with Crippen molar-refractivity contribution in [3.63, 3.8) is 0 Å². The highest BCUT2D eigenvalue weighted by Crippen LogP contribution is 2.26. The molecule has 0 saturated carbocycles. The summed E-state index contributed by atoms with van der Waals surface area (Å²) >= 11 is 0. The predicted octanol–water partition coefficient (Wildman–Crippen LogP) is 1.14. The lowest BCUT2D eigenvalue weighted by molar-refractivity contribution is 0.411. The van der Waals surface area contributed by atoms with E-state index >= 15 is 0 Å². The van der Waals surface area contributed by atoms with Crippen LogP contribution >= 0.6 is 0 Å². The average molecular weight is 195 g/mol. The van der Waals surface area contributed by atoms with Gasteiger partial charge in [0.2, 0.25) is 0 Å². The van der Waals surface area contributed by atoms with Gasteiger partial charge in [0.15, 0.2) is 0 Å². The van der Waals surface area contributed by atoms with Crippen LogP contribution in [0.2, 0.25) is 0 Å². The van der Waals surface area contributed by atoms with Gasteiger partial charge in [-0.15, -0.1) is 0 Å². The summed E-state index contributed by atoms with van der Waals surface area (Å²) in [4.78, 5) is 0. The van der Waals surface area contributed by atoms with Crippen LogP contribution in [0.4, 0.5) is 5.69 Å². The molecule has 0 aliphatic heterocycles. The zero-order valence-corrected chi connectivity index (χ0v) is 8.85. The highest BCUT2D eigenvalue weighted by Gasteiger charge is 2.05. The quantitative estimate of drug-likeness (QED) is 0.383. The number of methoxy groups -OCH3 is 1. The normalized spacial score (nSPS) is 10.0. The van der Waals surface area contributed by atoms with Gasteiger partial charge in [0, 0.05) is 5.69 Å². The predicted molar refractivity (Wildman–Crippen MR) is 58.3 cm³/mol. The van der Waals surface area contributed by atoms with Crippen LogP contribution in [0.3, 0.4) is 0 Å². The van der Waals surface area contributed by atoms with E-state index in [0.29, 0.717) is 6.67 Å². The smallest absolute Gasteiger partial charge is 0.122 e. The van der Waals surface area contributed by atoms with E-state index in [4.69, 9.17) is 10.6 Å². The van der Waals surface area contributed by atoms with Crippen LogP contribution in [-0.2, 0) is 0 Å². The number of anilines is 1. The van der Waals surface area contributed by atoms with Crippen LogP contribution in [0.5, 0.6) is 5.75 Å². The van der Waals surface area contributed by atoms with Crippen molar-refractivity contribution in [2.45, 2.75) is 13.8 Å². The third-order valence-electron chi connectivity index (χ3n) is 2.34. The Morgan fingerprint density at radius 3 is 2.57 bits per heavy atom. The van der Waals surface area contributed by atoms with E-state index in [1.807, 2.05) is 19.1 Å². The minimum atomic E-state index is 0.548. The number of hydrogen-bond donors (Lipinski definition) is 3. The summed E-state index contributed by atoms with van der Waals surface area (Å²) < 4.78 is 5.22. The first kappa shape index (κ1) is 10.8. The summed E-state index contributed by atoms with van der Waals surface area (Å²) in [6.07, 6.45) is 0. The van der Waals surface area contributed by atoms with Crippen molar-refractivity contribution in [1.82, 2.24) is 5.43 Å². The molecule has 0 atom stereocenters. The number of benzene rings is 1. The molecule has 1 aromatic carbocycles. The molecule has 1 aromatic rings. The summed E-state index contributed by atoms with van der Waals surface area (Å²) in [7, 11) is 1.68. The first-order chi connectivity index (χ1) is 6.70. The number of nitrogens with one attached hydrogen (secondary N) is 2. The van der Waals surface area contributed by atoms with Gasteiger partial charge in [-0.2, -0.15) is 0 Å². The third kappa shape index (κ3) is 2.16. The molecule has 78 valence electrons. The third-order valence-corrected chi connectivity index (χ3v) is 2.34. The van der Waals surface area contributed by atoms with Gasteiger partial charge in [-0.3, -0.25) is 5.84 Å². The molecule has 0 fully saturated rings. The maximum absolute atomic E-state index is 5.22. The molecule has 0 unspecified atom stereocenters. The van der Waals surface area contributed by atoms with E-state index in [9.17, 15) is 0 Å². The maximum atomic E-state index is 5.22. The SMILES string of the molecule is COc1ccc(NCNN)c(C)c1C. The average Bonchev–Trinajstić information content (AvgIpc) is 2.20. The second-order valence-electron chi connectivity index (χ2n) is 3.12. The molecular formula is C10H17N3O. The Hall–Kier alpha value is -1.26. The molecule has 4 heteroatoms. The number of hydrogen-bond acceptors (Lipinski definition) is 4. The Morgan fingerprint density at radius 2 is 2.00 bits per heavy atom. The monoisotopic (exact) mass is 195 g/mol. The minimum Gasteiger partial charge on any atom is -0.496 e. The van der Waals surface area contributed by atoms with Crippen molar-refractivity contribution in [1.29, 1.82) is 0 Å². The molecule has 0 heterocycles. The zero-order chi connectivity index (χ0) is 10.6. The van der Waals surface area contributed by atoms with Crippen LogP contribution in [0.1, 0.15) is 11.1 Å². The first-order valence-corrected chi connectivity index (χ1v) is 4.52. The summed E-state index contributed by atoms with van der Waals surface area (Å²) in [5, 5.41) is 3.16. The van der Waals surface area contributed by atoms with Gasteiger partial charge in [-0.25, -0.2) is 5.43 Å². The van der Waals surface area contributed by atoms with Gasteiger partial charge >= 0.3 is 0 Å². The van der Waals surface area contributed by atoms with Crippen LogP contribution < -0.4 is 21.3 Å². The lowest BCUT2D eigenvalue weighted by atomic mass is 10.1. The fourth-order valence-electron chi connectivity index (χ4n) is 1.35. The fraction of sp³-hybridized carbons (Fsp3) is 0.400. The largest absolute Gasteiger partial charge is 0.496 e. The van der Waals surface area contributed by atoms with E-state index in [1.165, 1.54) is 5.56 Å². The van der Waals surface area contributed by atoms with Crippen molar-refractivity contribution in [2.24, 2.45) is 5.84 Å². The highest BCUT2D eigenvalue weighted by molar-refractivity contribution is 5.58. The van der Waals surface area contributed by atoms with Crippen molar-refractivity contribution in [3.05, 3.63) is 23.3 Å². The standard InChI is InChI=1S/C10H17N3O/c1-7-8(2)10(14-3)5-4-9(7)12-6-13-11/h4-5,12-13H,6,11H2,1-3H3. The number of hydrazine groups is 1. The summed E-state index contributed by atoms with van der Waals surface area (Å²) in [5.41, 5.74) is 5.95. The Morgan fingerprint density at radius 1 is 1.29 bits per heavy atom. The van der Waals surface area contributed by atoms with E-state index in [0.717, 1.165) is 17.0 Å². The molecule has 0 radical (unpaired) electrons. The van der Waals surface area contributed by atoms with Gasteiger partial charge in [0.05, 0.1) is 13.8 Å². The van der Waals surface area contributed by atoms with Crippen molar-refractivity contribution >= 4 is 5.69 Å². The summed E-state index contributed by atoms with van der Waals surface area (Å²) in [6, 6.07) is 3.93. The molecule has 4 nitrogen and oxygen atoms in total. The number of nitrogens with two attached hydrogens (primary N) is 1. The molecule has 0 spiro atoms. The van der Waals surface area contributed by atoms with Crippen molar-refractivity contribution < 1.29 is 4.74 Å². The molecule has 0 saturated heterocycles. The van der Waals surface area contributed by atoms with Gasteiger partial charge < -0.3 is 10.1 Å². The Kier molecular flexibility index (Phi) is 3.73. The van der Waals surface area contributed by atoms with Crippen molar-refractivity contribution in [2.75, 3.05) is 19.1 Å². The van der Waals surface area contributed by atoms with Crippen LogP contribution in [0.25, 0.3) is 0 Å². The molecule has 0 aliphatic carbocycles. The van der Waals surface area contributed by atoms with E-state index in [2.05, 4.69) is 17.7 Å². The molecular weight excluding hydrogens is 178 g/mol. The van der Waals surface area contributed by atoms with E-state index in [1.54, 1.807) is 7.11 Å². The van der Waals surface area contributed by atoms with E-state index in [-0.39, 0.29) is 0 Å². The Balaban J connectivity index is 2.92. The zero-order valence-electron chi connectivity index (χ0n) is 8.85.